The summed E-state index contributed by atoms with van der Waals surface area (Å²) in [7, 11) is -4.01. The minimum Gasteiger partial charge on any atom is -0.199 e. The van der Waals surface area contributed by atoms with Crippen LogP contribution in [0.3, 0.4) is 0 Å². The van der Waals surface area contributed by atoms with Crippen LogP contribution in [0.4, 0.5) is 0 Å². The van der Waals surface area contributed by atoms with Crippen LogP contribution >= 0.6 is 23.2 Å². The number of hydrogen-bond donors (Lipinski definition) is 0. The van der Waals surface area contributed by atoms with Gasteiger partial charge in [0.2, 0.25) is 0 Å². The number of benzene rings is 1. The first-order chi connectivity index (χ1) is 6.92. The van der Waals surface area contributed by atoms with Gasteiger partial charge in [0.1, 0.15) is 0 Å². The van der Waals surface area contributed by atoms with Crippen LogP contribution in [0.1, 0.15) is 5.56 Å². The summed E-state index contributed by atoms with van der Waals surface area (Å²) in [4.78, 5) is 10.3. The molecule has 5 nitrogen and oxygen atoms in total. The van der Waals surface area contributed by atoms with E-state index in [9.17, 15) is 13.3 Å². The van der Waals surface area contributed by atoms with E-state index >= 15 is 0 Å². The number of rotatable bonds is 1. The van der Waals surface area contributed by atoms with Gasteiger partial charge in [0.05, 0.1) is 10.2 Å². The van der Waals surface area contributed by atoms with Crippen molar-refractivity contribution in [2.24, 2.45) is 5.29 Å². The van der Waals surface area contributed by atoms with E-state index in [0.29, 0.717) is 0 Å². The summed E-state index contributed by atoms with van der Waals surface area (Å²) in [5, 5.41) is 2.34. The van der Waals surface area contributed by atoms with Crippen molar-refractivity contribution < 1.29 is 8.42 Å². The second kappa shape index (κ2) is 3.07. The molecule has 1 aromatic carbocycles. The van der Waals surface area contributed by atoms with E-state index in [0.717, 1.165) is 0 Å². The summed E-state index contributed by atoms with van der Waals surface area (Å²) >= 11 is 11.5. The molecule has 0 saturated heterocycles. The molecule has 0 bridgehead atoms. The van der Waals surface area contributed by atoms with Gasteiger partial charge in [-0.05, 0) is 6.07 Å². The minimum atomic E-state index is -4.01. The van der Waals surface area contributed by atoms with Crippen LogP contribution in [-0.2, 0) is 14.5 Å². The van der Waals surface area contributed by atoms with Gasteiger partial charge in [-0.2, -0.15) is 8.42 Å². The Balaban J connectivity index is 2.83. The van der Waals surface area contributed by atoms with Crippen LogP contribution in [-0.4, -0.2) is 12.8 Å². The summed E-state index contributed by atoms with van der Waals surface area (Å²) in [6.07, 6.45) is 0. The predicted molar refractivity (Wildman–Crippen MR) is 54.6 cm³/mol. The fraction of sp³-hybridized carbons (Fsp3) is 0.143. The van der Waals surface area contributed by atoms with Crippen molar-refractivity contribution >= 4 is 33.2 Å². The van der Waals surface area contributed by atoms with Crippen LogP contribution in [0.2, 0.25) is 0 Å². The van der Waals surface area contributed by atoms with Gasteiger partial charge in [0.25, 0.3) is 14.5 Å². The maximum Gasteiger partial charge on any atom is 0.285 e. The molecule has 0 aromatic heterocycles. The van der Waals surface area contributed by atoms with Crippen LogP contribution in [0.15, 0.2) is 34.4 Å². The first-order valence-corrected chi connectivity index (χ1v) is 5.98. The highest BCUT2D eigenvalue weighted by Crippen LogP contribution is 2.49. The lowest BCUT2D eigenvalue weighted by Gasteiger charge is -2.18. The molecule has 1 heterocycles. The Labute approximate surface area is 95.6 Å². The molecule has 0 fully saturated rings. The van der Waals surface area contributed by atoms with Gasteiger partial charge in [-0.1, -0.05) is 41.4 Å². The van der Waals surface area contributed by atoms with Crippen molar-refractivity contribution in [3.8, 4) is 0 Å². The van der Waals surface area contributed by atoms with E-state index in [-0.39, 0.29) is 14.9 Å². The van der Waals surface area contributed by atoms with Crippen molar-refractivity contribution in [2.45, 2.75) is 9.35 Å². The number of alkyl halides is 2. The second-order valence-corrected chi connectivity index (χ2v) is 5.89. The fourth-order valence-corrected chi connectivity index (χ4v) is 3.85. The Morgan fingerprint density at radius 1 is 1.27 bits per heavy atom. The van der Waals surface area contributed by atoms with E-state index in [1.807, 2.05) is 0 Å². The maximum atomic E-state index is 11.7. The summed E-state index contributed by atoms with van der Waals surface area (Å²) in [5.41, 5.74) is 0.132. The zero-order valence-corrected chi connectivity index (χ0v) is 9.42. The molecule has 0 atom stereocenters. The Bertz CT molecular complexity index is 529. The molecule has 15 heavy (non-hydrogen) atoms. The Kier molecular flexibility index (Phi) is 2.18. The quantitative estimate of drug-likeness (QED) is 0.443. The van der Waals surface area contributed by atoms with Gasteiger partial charge in [0, 0.05) is 5.56 Å². The van der Waals surface area contributed by atoms with Gasteiger partial charge >= 0.3 is 0 Å². The van der Waals surface area contributed by atoms with Gasteiger partial charge in [-0.25, -0.2) is 0 Å². The number of sulfonamides is 1. The molecule has 0 saturated carbocycles. The zero-order chi connectivity index (χ0) is 11.3. The van der Waals surface area contributed by atoms with Gasteiger partial charge < -0.3 is 0 Å². The van der Waals surface area contributed by atoms with Crippen LogP contribution in [0.25, 0.3) is 0 Å². The Hall–Kier alpha value is -0.850. The molecule has 0 amide bonds. The highest BCUT2D eigenvalue weighted by molar-refractivity contribution is 7.89. The zero-order valence-electron chi connectivity index (χ0n) is 7.09. The fourth-order valence-electron chi connectivity index (χ4n) is 1.38. The lowest BCUT2D eigenvalue weighted by molar-refractivity contribution is 0.394. The average molecular weight is 267 g/mol. The smallest absolute Gasteiger partial charge is 0.199 e. The average Bonchev–Trinajstić information content (AvgIpc) is 2.32. The highest BCUT2D eigenvalue weighted by atomic mass is 35.5. The molecule has 1 aliphatic heterocycles. The third-order valence-electron chi connectivity index (χ3n) is 2.03. The first-order valence-electron chi connectivity index (χ1n) is 3.78. The van der Waals surface area contributed by atoms with Crippen LogP contribution < -0.4 is 0 Å². The van der Waals surface area contributed by atoms with E-state index in [1.54, 1.807) is 6.07 Å². The molecule has 8 heteroatoms. The van der Waals surface area contributed by atoms with Gasteiger partial charge in [0.15, 0.2) is 0 Å². The number of nitrogens with zero attached hydrogens (tertiary/aromatic N) is 2. The monoisotopic (exact) mass is 266 g/mol. The molecule has 0 radical (unpaired) electrons. The van der Waals surface area contributed by atoms with Crippen molar-refractivity contribution in [3.05, 3.63) is 34.7 Å². The lowest BCUT2D eigenvalue weighted by atomic mass is 10.2. The van der Waals surface area contributed by atoms with E-state index in [4.69, 9.17) is 23.2 Å². The van der Waals surface area contributed by atoms with E-state index in [2.05, 4.69) is 5.29 Å². The van der Waals surface area contributed by atoms with Crippen LogP contribution in [0, 0.1) is 4.91 Å². The molecule has 0 spiro atoms. The standard InChI is InChI=1S/C7H4Cl2N2O3S/c8-7(9)5-3-1-2-4-6(5)15(13,14)11(7)10-12/h1-4H/i10+0. The van der Waals surface area contributed by atoms with Crippen molar-refractivity contribution in [1.29, 1.82) is 0 Å². The molecular formula is C7H4Cl2N2O3S. The summed E-state index contributed by atoms with van der Waals surface area (Å²) in [6, 6.07) is 5.82. The van der Waals surface area contributed by atoms with E-state index < -0.39 is 14.5 Å². The van der Waals surface area contributed by atoms with Crippen LogP contribution in [0.5, 0.6) is 0 Å². The predicted octanol–water partition coefficient (Wildman–Crippen LogP) is 1.96. The van der Waals surface area contributed by atoms with Gasteiger partial charge in [-0.15, -0.1) is 9.32 Å². The molecule has 1 aliphatic rings. The maximum absolute atomic E-state index is 11.7. The normalized spacial score (nSPS) is 21.1. The highest BCUT2D eigenvalue weighted by Gasteiger charge is 2.53. The van der Waals surface area contributed by atoms with Crippen molar-refractivity contribution in [2.75, 3.05) is 0 Å². The van der Waals surface area contributed by atoms with E-state index in [1.165, 1.54) is 18.2 Å². The third kappa shape index (κ3) is 1.25. The van der Waals surface area contributed by atoms with Gasteiger partial charge in [-0.3, -0.25) is 0 Å². The summed E-state index contributed by atoms with van der Waals surface area (Å²) < 4.78 is 21.6. The molecule has 0 N–H and O–H groups in total. The summed E-state index contributed by atoms with van der Waals surface area (Å²) in [6.45, 7) is 0. The number of fused-ring (bicyclic) bond motifs is 1. The molecule has 0 aliphatic carbocycles. The topological polar surface area (TPSA) is 66.8 Å². The molecule has 2 rings (SSSR count). The second-order valence-electron chi connectivity index (χ2n) is 2.87. The minimum absolute atomic E-state index is 0.102. The Morgan fingerprint density at radius 3 is 2.40 bits per heavy atom. The molecule has 0 unspecified atom stereocenters. The first kappa shape index (κ1) is 10.7. The summed E-state index contributed by atoms with van der Waals surface area (Å²) in [5.74, 6) is 0. The SMILES string of the molecule is O=[14N]N1C(Cl)(Cl)c2ccccc2S1(=O)=O. The Morgan fingerprint density at radius 2 is 1.87 bits per heavy atom. The number of hydrogen-bond acceptors (Lipinski definition) is 4. The molecule has 1 aromatic rings. The van der Waals surface area contributed by atoms with Crippen molar-refractivity contribution in [3.63, 3.8) is 0 Å². The molecular weight excluding hydrogens is 263 g/mol. The van der Waals surface area contributed by atoms with Crippen molar-refractivity contribution in [1.82, 2.24) is 4.41 Å². The number of halogens is 2. The molecule has 80 valence electrons. The third-order valence-corrected chi connectivity index (χ3v) is 4.67. The largest absolute Gasteiger partial charge is 0.285 e. The number of nitroso groups, excluding NO2 is 1. The lowest BCUT2D eigenvalue weighted by Crippen LogP contribution is -2.30.